The van der Waals surface area contributed by atoms with Crippen LogP contribution in [0.1, 0.15) is 59.4 Å². The molecule has 1 N–H and O–H groups in total. The molecule has 0 radical (unpaired) electrons. The number of nitrogens with one attached hydrogen (secondary N) is 1. The van der Waals surface area contributed by atoms with Crippen molar-refractivity contribution in [3.05, 3.63) is 35.9 Å². The van der Waals surface area contributed by atoms with Gasteiger partial charge in [-0.2, -0.15) is 0 Å². The van der Waals surface area contributed by atoms with Gasteiger partial charge in [0, 0.05) is 33.6 Å². The second-order valence-electron chi connectivity index (χ2n) is 9.50. The number of rotatable bonds is 14. The van der Waals surface area contributed by atoms with Crippen molar-refractivity contribution in [2.45, 2.75) is 97.2 Å². The number of ether oxygens (including phenoxy) is 6. The number of hydrogen-bond donors (Lipinski definition) is 1. The van der Waals surface area contributed by atoms with Crippen molar-refractivity contribution in [3.8, 4) is 0 Å². The fraction of sp³-hybridized carbons (Fsp3) is 0.571. The first kappa shape index (κ1) is 33.4. The summed E-state index contributed by atoms with van der Waals surface area (Å²) >= 11 is 0. The van der Waals surface area contributed by atoms with E-state index in [-0.39, 0.29) is 38.3 Å². The van der Waals surface area contributed by atoms with Gasteiger partial charge in [-0.25, -0.2) is 0 Å². The fourth-order valence-corrected chi connectivity index (χ4v) is 4.05. The number of carbonyl (C=O) groups is 6. The molecule has 13 nitrogen and oxygen atoms in total. The van der Waals surface area contributed by atoms with Crippen molar-refractivity contribution in [3.63, 3.8) is 0 Å². The maximum absolute atomic E-state index is 13.3. The Balaban J connectivity index is 2.38. The molecule has 1 aliphatic heterocycles. The molecule has 1 amide bonds. The van der Waals surface area contributed by atoms with Crippen molar-refractivity contribution in [2.75, 3.05) is 6.61 Å². The molecule has 1 fully saturated rings. The highest BCUT2D eigenvalue weighted by Crippen LogP contribution is 2.28. The van der Waals surface area contributed by atoms with E-state index in [0.29, 0.717) is 0 Å². The van der Waals surface area contributed by atoms with E-state index in [9.17, 15) is 28.8 Å². The molecule has 1 saturated heterocycles. The van der Waals surface area contributed by atoms with E-state index in [1.54, 1.807) is 31.2 Å². The first-order valence-corrected chi connectivity index (χ1v) is 13.2. The molecule has 2 rings (SSSR count). The molecule has 0 aromatic heterocycles. The van der Waals surface area contributed by atoms with Gasteiger partial charge in [-0.15, -0.1) is 0 Å². The first-order chi connectivity index (χ1) is 19.4. The minimum Gasteiger partial charge on any atom is -0.466 e. The highest BCUT2D eigenvalue weighted by molar-refractivity contribution is 5.84. The maximum atomic E-state index is 13.3. The second kappa shape index (κ2) is 16.4. The lowest BCUT2D eigenvalue weighted by atomic mass is 9.95. The summed E-state index contributed by atoms with van der Waals surface area (Å²) in [5, 5.41) is 2.73. The zero-order chi connectivity index (χ0) is 30.5. The Morgan fingerprint density at radius 3 is 2.15 bits per heavy atom. The van der Waals surface area contributed by atoms with Crippen LogP contribution in [0.4, 0.5) is 0 Å². The van der Waals surface area contributed by atoms with Crippen LogP contribution in [-0.2, 0) is 63.8 Å². The highest BCUT2D eigenvalue weighted by atomic mass is 16.7. The summed E-state index contributed by atoms with van der Waals surface area (Å²) in [5.41, 5.74) is 0.765. The molecular weight excluding hydrogens is 542 g/mol. The van der Waals surface area contributed by atoms with Gasteiger partial charge in [0.2, 0.25) is 6.29 Å². The predicted molar refractivity (Wildman–Crippen MR) is 140 cm³/mol. The lowest BCUT2D eigenvalue weighted by Crippen LogP contribution is -2.66. The third-order valence-electron chi connectivity index (χ3n) is 5.91. The normalized spacial score (nSPS) is 22.5. The lowest BCUT2D eigenvalue weighted by molar-refractivity contribution is -0.277. The van der Waals surface area contributed by atoms with Crippen LogP contribution in [0.25, 0.3) is 0 Å². The van der Waals surface area contributed by atoms with Crippen LogP contribution in [0.3, 0.4) is 0 Å². The number of benzene rings is 1. The monoisotopic (exact) mass is 579 g/mol. The van der Waals surface area contributed by atoms with Crippen molar-refractivity contribution in [1.29, 1.82) is 0 Å². The first-order valence-electron chi connectivity index (χ1n) is 13.2. The zero-order valence-electron chi connectivity index (χ0n) is 23.8. The molecule has 6 atom stereocenters. The largest absolute Gasteiger partial charge is 0.466 e. The standard InChI is InChI=1S/C28H37NO12/c1-16(30)11-12-23(34)41-26-25(37-15-21-9-7-6-8-10-21)24(17(2)38-28(26)40-20(5)33)29-27(35)22(39-19(4)32)13-14-36-18(3)31/h6-10,17,22,24-26,28H,11-15H2,1-5H3,(H,29,35)/t17-,22-,24-,25+,26+,28+/m1/s1. The number of amides is 1. The van der Waals surface area contributed by atoms with Crippen LogP contribution in [-0.4, -0.2) is 78.9 Å². The minimum atomic E-state index is -1.38. The van der Waals surface area contributed by atoms with Gasteiger partial charge in [-0.05, 0) is 19.4 Å². The number of hydrogen-bond acceptors (Lipinski definition) is 12. The second-order valence-corrected chi connectivity index (χ2v) is 9.50. The third kappa shape index (κ3) is 11.7. The third-order valence-corrected chi connectivity index (χ3v) is 5.91. The van der Waals surface area contributed by atoms with Gasteiger partial charge in [0.15, 0.2) is 12.2 Å². The van der Waals surface area contributed by atoms with Crippen molar-refractivity contribution >= 4 is 35.6 Å². The van der Waals surface area contributed by atoms with E-state index in [2.05, 4.69) is 5.32 Å². The Kier molecular flexibility index (Phi) is 13.4. The highest BCUT2D eigenvalue weighted by Gasteiger charge is 2.50. The van der Waals surface area contributed by atoms with Crippen LogP contribution < -0.4 is 5.32 Å². The summed E-state index contributed by atoms with van der Waals surface area (Å²) in [7, 11) is 0. The molecule has 0 aliphatic carbocycles. The molecule has 41 heavy (non-hydrogen) atoms. The summed E-state index contributed by atoms with van der Waals surface area (Å²) in [6, 6.07) is 8.05. The van der Waals surface area contributed by atoms with Gasteiger partial charge in [-0.3, -0.25) is 24.0 Å². The summed E-state index contributed by atoms with van der Waals surface area (Å²) in [5.74, 6) is -3.74. The van der Waals surface area contributed by atoms with Gasteiger partial charge in [0.25, 0.3) is 5.91 Å². The van der Waals surface area contributed by atoms with Crippen molar-refractivity contribution < 1.29 is 57.2 Å². The molecular formula is C28H37NO12. The molecule has 0 unspecified atom stereocenters. The molecule has 13 heteroatoms. The van der Waals surface area contributed by atoms with Crippen LogP contribution in [0.5, 0.6) is 0 Å². The average Bonchev–Trinajstić information content (AvgIpc) is 2.88. The molecule has 1 aromatic rings. The molecule has 0 spiro atoms. The zero-order valence-corrected chi connectivity index (χ0v) is 23.8. The summed E-state index contributed by atoms with van der Waals surface area (Å²) in [6.45, 7) is 6.25. The Hall–Kier alpha value is -3.84. The van der Waals surface area contributed by atoms with Gasteiger partial charge in [-0.1, -0.05) is 30.3 Å². The van der Waals surface area contributed by atoms with E-state index in [4.69, 9.17) is 28.4 Å². The smallest absolute Gasteiger partial charge is 0.306 e. The summed E-state index contributed by atoms with van der Waals surface area (Å²) in [6.07, 6.45) is -6.42. The topological polar surface area (TPSA) is 170 Å². The molecule has 0 saturated carbocycles. The van der Waals surface area contributed by atoms with Crippen molar-refractivity contribution in [2.24, 2.45) is 0 Å². The Morgan fingerprint density at radius 2 is 1.56 bits per heavy atom. The van der Waals surface area contributed by atoms with Crippen molar-refractivity contribution in [1.82, 2.24) is 5.32 Å². The Labute approximate surface area is 238 Å². The van der Waals surface area contributed by atoms with E-state index in [1.165, 1.54) is 13.8 Å². The van der Waals surface area contributed by atoms with Gasteiger partial charge in [0.05, 0.1) is 31.8 Å². The van der Waals surface area contributed by atoms with Crippen LogP contribution >= 0.6 is 0 Å². The van der Waals surface area contributed by atoms with Crippen LogP contribution in [0, 0.1) is 0 Å². The predicted octanol–water partition coefficient (Wildman–Crippen LogP) is 1.53. The molecule has 1 aromatic carbocycles. The van der Waals surface area contributed by atoms with E-state index < -0.39 is 66.5 Å². The van der Waals surface area contributed by atoms with E-state index in [1.807, 2.05) is 6.07 Å². The molecule has 1 aliphatic rings. The maximum Gasteiger partial charge on any atom is 0.306 e. The molecule has 226 valence electrons. The van der Waals surface area contributed by atoms with Crippen LogP contribution in [0.15, 0.2) is 30.3 Å². The summed E-state index contributed by atoms with van der Waals surface area (Å²) in [4.78, 5) is 72.1. The fourth-order valence-electron chi connectivity index (χ4n) is 4.05. The Bertz CT molecular complexity index is 1080. The number of carbonyl (C=O) groups excluding carboxylic acids is 6. The number of esters is 4. The summed E-state index contributed by atoms with van der Waals surface area (Å²) < 4.78 is 33.0. The van der Waals surface area contributed by atoms with E-state index in [0.717, 1.165) is 19.4 Å². The SMILES string of the molecule is CC(=O)CCC(=O)O[C@@H]1[C@H](OC(C)=O)O[C@H](C)[C@@H](NC(=O)[C@@H](CCOC(C)=O)OC(C)=O)[C@@H]1OCc1ccccc1. The Morgan fingerprint density at radius 1 is 0.878 bits per heavy atom. The van der Waals surface area contributed by atoms with Gasteiger partial charge < -0.3 is 38.5 Å². The van der Waals surface area contributed by atoms with E-state index >= 15 is 0 Å². The quantitative estimate of drug-likeness (QED) is 0.249. The lowest BCUT2D eigenvalue weighted by Gasteiger charge is -2.44. The molecule has 1 heterocycles. The van der Waals surface area contributed by atoms with Gasteiger partial charge >= 0.3 is 23.9 Å². The molecule has 0 bridgehead atoms. The number of ketones is 1. The van der Waals surface area contributed by atoms with Crippen LogP contribution in [0.2, 0.25) is 0 Å². The minimum absolute atomic E-state index is 0.0265. The number of Topliss-reactive ketones (excluding diaryl/α,β-unsaturated/α-hetero) is 1. The van der Waals surface area contributed by atoms with Gasteiger partial charge in [0.1, 0.15) is 11.9 Å². The average molecular weight is 580 g/mol.